The lowest BCUT2D eigenvalue weighted by Gasteiger charge is -2.24. The Labute approximate surface area is 91.0 Å². The number of halogens is 4. The highest BCUT2D eigenvalue weighted by molar-refractivity contribution is 5.37. The quantitative estimate of drug-likeness (QED) is 0.669. The Morgan fingerprint density at radius 1 is 1.06 bits per heavy atom. The van der Waals surface area contributed by atoms with Gasteiger partial charge in [-0.1, -0.05) is 6.07 Å². The smallest absolute Gasteiger partial charge is 0.420 e. The van der Waals surface area contributed by atoms with E-state index in [0.29, 0.717) is 0 Å². The van der Waals surface area contributed by atoms with Crippen LogP contribution in [0, 0.1) is 5.82 Å². The molecule has 0 aliphatic rings. The van der Waals surface area contributed by atoms with Gasteiger partial charge in [0.2, 0.25) is 0 Å². The Kier molecular flexibility index (Phi) is 3.17. The molecule has 1 aromatic carbocycles. The maximum Gasteiger partial charge on any atom is 0.420 e. The fraction of sp³-hybridized carbons (Fsp3) is 0.455. The Hall–Kier alpha value is -1.26. The minimum atomic E-state index is -4.62. The zero-order valence-electron chi connectivity index (χ0n) is 9.15. The molecule has 90 valence electrons. The van der Waals surface area contributed by atoms with Crippen LogP contribution in [0.3, 0.4) is 0 Å². The van der Waals surface area contributed by atoms with Crippen LogP contribution < -0.4 is 4.74 Å². The van der Waals surface area contributed by atoms with Gasteiger partial charge in [0.1, 0.15) is 11.2 Å². The van der Waals surface area contributed by atoms with E-state index in [2.05, 4.69) is 0 Å². The van der Waals surface area contributed by atoms with Crippen LogP contribution in [0.2, 0.25) is 0 Å². The zero-order valence-corrected chi connectivity index (χ0v) is 9.15. The van der Waals surface area contributed by atoms with Crippen LogP contribution in [-0.4, -0.2) is 5.60 Å². The van der Waals surface area contributed by atoms with E-state index < -0.39 is 28.9 Å². The number of benzene rings is 1. The molecule has 1 aromatic rings. The number of hydrogen-bond donors (Lipinski definition) is 0. The van der Waals surface area contributed by atoms with E-state index in [-0.39, 0.29) is 0 Å². The van der Waals surface area contributed by atoms with E-state index in [4.69, 9.17) is 4.74 Å². The van der Waals surface area contributed by atoms with Gasteiger partial charge in [0.15, 0.2) is 11.6 Å². The number of rotatable bonds is 1. The maximum absolute atomic E-state index is 13.3. The molecular formula is C11H12F4O. The van der Waals surface area contributed by atoms with Crippen molar-refractivity contribution in [2.45, 2.75) is 32.5 Å². The summed E-state index contributed by atoms with van der Waals surface area (Å²) in [5.74, 6) is -1.76. The third-order valence-electron chi connectivity index (χ3n) is 1.68. The molecule has 0 aromatic heterocycles. The van der Waals surface area contributed by atoms with E-state index in [1.807, 2.05) is 0 Å². The number of alkyl halides is 3. The lowest BCUT2D eigenvalue weighted by Crippen LogP contribution is -2.25. The Balaban J connectivity index is 3.25. The minimum Gasteiger partial charge on any atom is -0.484 e. The minimum absolute atomic E-state index is 0.748. The van der Waals surface area contributed by atoms with E-state index in [1.165, 1.54) is 0 Å². The van der Waals surface area contributed by atoms with Crippen molar-refractivity contribution in [2.75, 3.05) is 0 Å². The van der Waals surface area contributed by atoms with Crippen molar-refractivity contribution >= 4 is 0 Å². The Morgan fingerprint density at radius 3 is 2.06 bits per heavy atom. The summed E-state index contributed by atoms with van der Waals surface area (Å²) in [5.41, 5.74) is -1.98. The zero-order chi connectivity index (χ0) is 12.6. The van der Waals surface area contributed by atoms with Gasteiger partial charge in [0.25, 0.3) is 0 Å². The standard InChI is InChI=1S/C11H12F4O/c1-10(2,3)16-9-7(11(13,14)15)5-4-6-8(9)12/h4-6H,1-3H3. The van der Waals surface area contributed by atoms with Gasteiger partial charge in [-0.3, -0.25) is 0 Å². The van der Waals surface area contributed by atoms with Crippen molar-refractivity contribution in [3.8, 4) is 5.75 Å². The molecule has 0 radical (unpaired) electrons. The maximum atomic E-state index is 13.3. The third-order valence-corrected chi connectivity index (χ3v) is 1.68. The molecule has 16 heavy (non-hydrogen) atoms. The Morgan fingerprint density at radius 2 is 1.62 bits per heavy atom. The first-order valence-electron chi connectivity index (χ1n) is 4.66. The molecule has 0 unspecified atom stereocenters. The van der Waals surface area contributed by atoms with Gasteiger partial charge in [-0.2, -0.15) is 13.2 Å². The molecule has 0 saturated carbocycles. The van der Waals surface area contributed by atoms with Gasteiger partial charge in [0.05, 0.1) is 0 Å². The van der Waals surface area contributed by atoms with E-state index in [0.717, 1.165) is 18.2 Å². The van der Waals surface area contributed by atoms with E-state index in [9.17, 15) is 17.6 Å². The summed E-state index contributed by atoms with van der Waals surface area (Å²) < 4.78 is 56.0. The lowest BCUT2D eigenvalue weighted by atomic mass is 10.1. The Bertz CT molecular complexity index is 377. The predicted octanol–water partition coefficient (Wildman–Crippen LogP) is 4.02. The molecule has 0 saturated heterocycles. The molecule has 0 aliphatic carbocycles. The molecule has 1 rings (SSSR count). The molecule has 1 nitrogen and oxygen atoms in total. The van der Waals surface area contributed by atoms with E-state index >= 15 is 0 Å². The van der Waals surface area contributed by atoms with Crippen LogP contribution >= 0.6 is 0 Å². The van der Waals surface area contributed by atoms with Gasteiger partial charge in [0, 0.05) is 0 Å². The number of para-hydroxylation sites is 1. The molecule has 0 fully saturated rings. The molecule has 5 heteroatoms. The van der Waals surface area contributed by atoms with Crippen LogP contribution in [0.15, 0.2) is 18.2 Å². The van der Waals surface area contributed by atoms with Crippen LogP contribution in [0.25, 0.3) is 0 Å². The summed E-state index contributed by atoms with van der Waals surface area (Å²) in [4.78, 5) is 0. The topological polar surface area (TPSA) is 9.23 Å². The van der Waals surface area contributed by atoms with E-state index in [1.54, 1.807) is 20.8 Å². The summed E-state index contributed by atoms with van der Waals surface area (Å²) >= 11 is 0. The van der Waals surface area contributed by atoms with Gasteiger partial charge < -0.3 is 4.74 Å². The van der Waals surface area contributed by atoms with Gasteiger partial charge in [-0.25, -0.2) is 4.39 Å². The summed E-state index contributed by atoms with van der Waals surface area (Å²) in [6, 6.07) is 2.74. The second-order valence-electron chi connectivity index (χ2n) is 4.33. The fourth-order valence-corrected chi connectivity index (χ4v) is 1.14. The highest BCUT2D eigenvalue weighted by Gasteiger charge is 2.36. The first kappa shape index (κ1) is 12.8. The molecule has 0 N–H and O–H groups in total. The number of hydrogen-bond acceptors (Lipinski definition) is 1. The fourth-order valence-electron chi connectivity index (χ4n) is 1.14. The monoisotopic (exact) mass is 236 g/mol. The van der Waals surface area contributed by atoms with Crippen LogP contribution in [-0.2, 0) is 6.18 Å². The molecule has 0 spiro atoms. The lowest BCUT2D eigenvalue weighted by molar-refractivity contribution is -0.140. The van der Waals surface area contributed by atoms with Crippen molar-refractivity contribution in [2.24, 2.45) is 0 Å². The molecule has 0 amide bonds. The normalized spacial score (nSPS) is 12.7. The van der Waals surface area contributed by atoms with Crippen molar-refractivity contribution in [1.29, 1.82) is 0 Å². The second kappa shape index (κ2) is 3.96. The van der Waals surface area contributed by atoms with Crippen molar-refractivity contribution in [3.63, 3.8) is 0 Å². The van der Waals surface area contributed by atoms with Gasteiger partial charge >= 0.3 is 6.18 Å². The van der Waals surface area contributed by atoms with Crippen LogP contribution in [0.4, 0.5) is 17.6 Å². The summed E-state index contributed by atoms with van der Waals surface area (Å²) in [6.45, 7) is 4.67. The second-order valence-corrected chi connectivity index (χ2v) is 4.33. The summed E-state index contributed by atoms with van der Waals surface area (Å²) in [6.07, 6.45) is -4.62. The van der Waals surface area contributed by atoms with Crippen molar-refractivity contribution in [3.05, 3.63) is 29.6 Å². The van der Waals surface area contributed by atoms with Crippen LogP contribution in [0.1, 0.15) is 26.3 Å². The summed E-state index contributed by atoms with van der Waals surface area (Å²) in [7, 11) is 0. The SMILES string of the molecule is CC(C)(C)Oc1c(F)cccc1C(F)(F)F. The predicted molar refractivity (Wildman–Crippen MR) is 51.8 cm³/mol. The largest absolute Gasteiger partial charge is 0.484 e. The number of ether oxygens (including phenoxy) is 1. The molecule has 0 heterocycles. The highest BCUT2D eigenvalue weighted by atomic mass is 19.4. The first-order chi connectivity index (χ1) is 7.11. The molecule has 0 bridgehead atoms. The first-order valence-corrected chi connectivity index (χ1v) is 4.66. The average molecular weight is 236 g/mol. The molecular weight excluding hydrogens is 224 g/mol. The van der Waals surface area contributed by atoms with Crippen molar-refractivity contribution in [1.82, 2.24) is 0 Å². The highest BCUT2D eigenvalue weighted by Crippen LogP contribution is 2.38. The van der Waals surface area contributed by atoms with Crippen molar-refractivity contribution < 1.29 is 22.3 Å². The van der Waals surface area contributed by atoms with Gasteiger partial charge in [-0.15, -0.1) is 0 Å². The molecule has 0 aliphatic heterocycles. The molecule has 0 atom stereocenters. The summed E-state index contributed by atoms with van der Waals surface area (Å²) in [5, 5.41) is 0. The van der Waals surface area contributed by atoms with Crippen LogP contribution in [0.5, 0.6) is 5.75 Å². The average Bonchev–Trinajstić information content (AvgIpc) is 2.04. The third kappa shape index (κ3) is 3.12. The van der Waals surface area contributed by atoms with Gasteiger partial charge in [-0.05, 0) is 32.9 Å².